The third-order valence-corrected chi connectivity index (χ3v) is 2.67. The molecule has 2 aromatic rings. The maximum absolute atomic E-state index is 5.21. The minimum absolute atomic E-state index is 0.271. The van der Waals surface area contributed by atoms with Gasteiger partial charge in [0, 0.05) is 11.1 Å². The molecule has 0 unspecified atom stereocenters. The zero-order valence-corrected chi connectivity index (χ0v) is 10.9. The lowest BCUT2D eigenvalue weighted by Gasteiger charge is -2.17. The van der Waals surface area contributed by atoms with Crippen molar-refractivity contribution in [2.45, 2.75) is 27.2 Å². The molecular weight excluding hydrogens is 210 g/mol. The van der Waals surface area contributed by atoms with Gasteiger partial charge < -0.3 is 4.74 Å². The summed E-state index contributed by atoms with van der Waals surface area (Å²) in [7, 11) is 1.68. The van der Waals surface area contributed by atoms with Crippen LogP contribution in [0, 0.1) is 5.41 Å². The van der Waals surface area contributed by atoms with E-state index < -0.39 is 0 Å². The van der Waals surface area contributed by atoms with Crippen molar-refractivity contribution in [2.75, 3.05) is 7.11 Å². The van der Waals surface area contributed by atoms with Crippen LogP contribution < -0.4 is 4.74 Å². The van der Waals surface area contributed by atoms with E-state index in [1.807, 2.05) is 18.2 Å². The highest BCUT2D eigenvalue weighted by molar-refractivity contribution is 5.80. The number of methoxy groups -OCH3 is 1. The molecule has 0 saturated heterocycles. The fraction of sp³-hybridized carbons (Fsp3) is 0.400. The highest BCUT2D eigenvalue weighted by Gasteiger charge is 2.12. The van der Waals surface area contributed by atoms with E-state index in [1.165, 1.54) is 0 Å². The predicted octanol–water partition coefficient (Wildman–Crippen LogP) is 3.83. The zero-order chi connectivity index (χ0) is 12.5. The molecule has 0 fully saturated rings. The molecule has 0 saturated carbocycles. The Morgan fingerprint density at radius 2 is 1.88 bits per heavy atom. The maximum atomic E-state index is 5.21. The van der Waals surface area contributed by atoms with Gasteiger partial charge in [0.05, 0.1) is 12.6 Å². The molecule has 0 atom stereocenters. The monoisotopic (exact) mass is 229 g/mol. The molecule has 1 aromatic heterocycles. The normalized spacial score (nSPS) is 11.8. The number of hydrogen-bond acceptors (Lipinski definition) is 2. The van der Waals surface area contributed by atoms with Crippen molar-refractivity contribution >= 4 is 10.9 Å². The van der Waals surface area contributed by atoms with Gasteiger partial charge in [-0.1, -0.05) is 26.8 Å². The zero-order valence-electron chi connectivity index (χ0n) is 10.9. The Labute approximate surface area is 103 Å². The summed E-state index contributed by atoms with van der Waals surface area (Å²) in [5.41, 5.74) is 2.45. The highest BCUT2D eigenvalue weighted by Crippen LogP contribution is 2.23. The Morgan fingerprint density at radius 1 is 1.12 bits per heavy atom. The van der Waals surface area contributed by atoms with Crippen LogP contribution in [0.4, 0.5) is 0 Å². The number of rotatable bonds is 2. The average Bonchev–Trinajstić information content (AvgIpc) is 2.26. The van der Waals surface area contributed by atoms with Crippen LogP contribution >= 0.6 is 0 Å². The van der Waals surface area contributed by atoms with Gasteiger partial charge in [-0.3, -0.25) is 4.98 Å². The Bertz CT molecular complexity index is 526. The first kappa shape index (κ1) is 11.9. The van der Waals surface area contributed by atoms with E-state index in [-0.39, 0.29) is 5.41 Å². The Morgan fingerprint density at radius 3 is 2.53 bits per heavy atom. The molecular formula is C15H19NO. The SMILES string of the molecule is COc1ccc2nc(CC(C)(C)C)ccc2c1. The minimum atomic E-state index is 0.271. The third kappa shape index (κ3) is 2.96. The molecule has 1 heterocycles. The van der Waals surface area contributed by atoms with Crippen LogP contribution in [-0.2, 0) is 6.42 Å². The fourth-order valence-corrected chi connectivity index (χ4v) is 1.91. The number of aromatic nitrogens is 1. The van der Waals surface area contributed by atoms with Crippen LogP contribution in [0.1, 0.15) is 26.5 Å². The number of benzene rings is 1. The van der Waals surface area contributed by atoms with Crippen molar-refractivity contribution in [3.05, 3.63) is 36.0 Å². The molecule has 0 aliphatic heterocycles. The molecule has 0 radical (unpaired) electrons. The fourth-order valence-electron chi connectivity index (χ4n) is 1.91. The molecule has 0 spiro atoms. The molecule has 2 rings (SSSR count). The van der Waals surface area contributed by atoms with Crippen LogP contribution in [-0.4, -0.2) is 12.1 Å². The van der Waals surface area contributed by atoms with Crippen molar-refractivity contribution in [3.63, 3.8) is 0 Å². The molecule has 17 heavy (non-hydrogen) atoms. The summed E-state index contributed by atoms with van der Waals surface area (Å²) in [5, 5.41) is 1.13. The minimum Gasteiger partial charge on any atom is -0.497 e. The number of ether oxygens (including phenoxy) is 1. The van der Waals surface area contributed by atoms with Crippen LogP contribution in [0.15, 0.2) is 30.3 Å². The second kappa shape index (κ2) is 4.36. The molecule has 2 heteroatoms. The van der Waals surface area contributed by atoms with Crippen molar-refractivity contribution in [2.24, 2.45) is 5.41 Å². The summed E-state index contributed by atoms with van der Waals surface area (Å²) < 4.78 is 5.21. The van der Waals surface area contributed by atoms with Gasteiger partial charge in [-0.2, -0.15) is 0 Å². The molecule has 90 valence electrons. The van der Waals surface area contributed by atoms with E-state index in [0.29, 0.717) is 0 Å². The van der Waals surface area contributed by atoms with E-state index in [0.717, 1.165) is 28.8 Å². The van der Waals surface area contributed by atoms with Gasteiger partial charge in [-0.15, -0.1) is 0 Å². The topological polar surface area (TPSA) is 22.1 Å². The van der Waals surface area contributed by atoms with Crippen molar-refractivity contribution < 1.29 is 4.74 Å². The lowest BCUT2D eigenvalue weighted by Crippen LogP contribution is -2.10. The van der Waals surface area contributed by atoms with Crippen molar-refractivity contribution in [1.29, 1.82) is 0 Å². The summed E-state index contributed by atoms with van der Waals surface area (Å²) in [6, 6.07) is 10.2. The number of fused-ring (bicyclic) bond motifs is 1. The van der Waals surface area contributed by atoms with E-state index in [4.69, 9.17) is 4.74 Å². The van der Waals surface area contributed by atoms with Gasteiger partial charge >= 0.3 is 0 Å². The van der Waals surface area contributed by atoms with Gasteiger partial charge in [0.25, 0.3) is 0 Å². The van der Waals surface area contributed by atoms with E-state index in [2.05, 4.69) is 37.9 Å². The summed E-state index contributed by atoms with van der Waals surface area (Å²) in [6.07, 6.45) is 0.995. The molecule has 0 N–H and O–H groups in total. The summed E-state index contributed by atoms with van der Waals surface area (Å²) in [6.45, 7) is 6.69. The van der Waals surface area contributed by atoms with Crippen molar-refractivity contribution in [3.8, 4) is 5.75 Å². The summed E-state index contributed by atoms with van der Waals surface area (Å²) >= 11 is 0. The van der Waals surface area contributed by atoms with Crippen LogP contribution in [0.5, 0.6) is 5.75 Å². The maximum Gasteiger partial charge on any atom is 0.119 e. The number of hydrogen-bond donors (Lipinski definition) is 0. The molecule has 1 aromatic carbocycles. The largest absolute Gasteiger partial charge is 0.497 e. The first-order valence-corrected chi connectivity index (χ1v) is 5.92. The second-order valence-corrected chi connectivity index (χ2v) is 5.60. The molecule has 0 amide bonds. The Balaban J connectivity index is 2.38. The van der Waals surface area contributed by atoms with Crippen LogP contribution in [0.3, 0.4) is 0 Å². The number of nitrogens with zero attached hydrogens (tertiary/aromatic N) is 1. The quantitative estimate of drug-likeness (QED) is 0.780. The lowest BCUT2D eigenvalue weighted by molar-refractivity contribution is 0.407. The lowest BCUT2D eigenvalue weighted by atomic mass is 9.90. The molecule has 0 bridgehead atoms. The number of pyridine rings is 1. The Hall–Kier alpha value is -1.57. The Kier molecular flexibility index (Phi) is 3.05. The standard InChI is InChI=1S/C15H19NO/c1-15(2,3)10-12-6-5-11-9-13(17-4)7-8-14(11)16-12/h5-9H,10H2,1-4H3. The highest BCUT2D eigenvalue weighted by atomic mass is 16.5. The van der Waals surface area contributed by atoms with Gasteiger partial charge in [0.2, 0.25) is 0 Å². The van der Waals surface area contributed by atoms with Gasteiger partial charge in [-0.25, -0.2) is 0 Å². The second-order valence-electron chi connectivity index (χ2n) is 5.60. The first-order chi connectivity index (χ1) is 7.98. The molecule has 0 aliphatic rings. The summed E-state index contributed by atoms with van der Waals surface area (Å²) in [4.78, 5) is 4.68. The third-order valence-electron chi connectivity index (χ3n) is 2.67. The van der Waals surface area contributed by atoms with Gasteiger partial charge in [0.1, 0.15) is 5.75 Å². The van der Waals surface area contributed by atoms with Crippen LogP contribution in [0.2, 0.25) is 0 Å². The first-order valence-electron chi connectivity index (χ1n) is 5.92. The van der Waals surface area contributed by atoms with E-state index in [1.54, 1.807) is 7.11 Å². The predicted molar refractivity (Wildman–Crippen MR) is 71.5 cm³/mol. The average molecular weight is 229 g/mol. The smallest absolute Gasteiger partial charge is 0.119 e. The van der Waals surface area contributed by atoms with Gasteiger partial charge in [-0.05, 0) is 36.1 Å². The van der Waals surface area contributed by atoms with Crippen LogP contribution in [0.25, 0.3) is 10.9 Å². The molecule has 2 nitrogen and oxygen atoms in total. The molecule has 0 aliphatic carbocycles. The van der Waals surface area contributed by atoms with Crippen molar-refractivity contribution in [1.82, 2.24) is 4.98 Å². The van der Waals surface area contributed by atoms with Gasteiger partial charge in [0.15, 0.2) is 0 Å². The van der Waals surface area contributed by atoms with E-state index >= 15 is 0 Å². The summed E-state index contributed by atoms with van der Waals surface area (Å²) in [5.74, 6) is 0.878. The van der Waals surface area contributed by atoms with E-state index in [9.17, 15) is 0 Å².